The van der Waals surface area contributed by atoms with Gasteiger partial charge in [-0.15, -0.1) is 6.58 Å². The monoisotopic (exact) mass is 192 g/mol. The van der Waals surface area contributed by atoms with Gasteiger partial charge in [0.25, 0.3) is 0 Å². The average Bonchev–Trinajstić information content (AvgIpc) is 2.19. The van der Waals surface area contributed by atoms with E-state index in [0.29, 0.717) is 0 Å². The molecule has 0 aromatic heterocycles. The summed E-state index contributed by atoms with van der Waals surface area (Å²) in [6.45, 7) is 5.74. The quantitative estimate of drug-likeness (QED) is 0.727. The van der Waals surface area contributed by atoms with Gasteiger partial charge in [-0.2, -0.15) is 0 Å². The van der Waals surface area contributed by atoms with Gasteiger partial charge in [0.05, 0.1) is 0 Å². The van der Waals surface area contributed by atoms with Crippen molar-refractivity contribution in [3.05, 3.63) is 48.2 Å². The maximum Gasteiger partial charge on any atom is 0.216 e. The van der Waals surface area contributed by atoms with Crippen LogP contribution in [0.3, 0.4) is 0 Å². The fraction of sp³-hybridized carbons (Fsp3) is 0.273. The fourth-order valence-electron chi connectivity index (χ4n) is 1.29. The molecule has 0 aliphatic carbocycles. The number of hydrogen-bond donors (Lipinski definition) is 1. The summed E-state index contributed by atoms with van der Waals surface area (Å²) in [7, 11) is -2.17. The summed E-state index contributed by atoms with van der Waals surface area (Å²) in [5, 5.41) is 0. The second kappa shape index (κ2) is 4.39. The predicted molar refractivity (Wildman–Crippen MR) is 58.8 cm³/mol. The van der Waals surface area contributed by atoms with E-state index >= 15 is 0 Å². The summed E-state index contributed by atoms with van der Waals surface area (Å²) < 4.78 is 0. The molecular formula is C11H16OSi. The maximum absolute atomic E-state index is 10.1. The lowest BCUT2D eigenvalue weighted by Crippen LogP contribution is -2.34. The Hall–Kier alpha value is -0.863. The van der Waals surface area contributed by atoms with E-state index in [9.17, 15) is 4.80 Å². The molecule has 1 N–H and O–H groups in total. The Morgan fingerprint density at radius 3 is 2.46 bits per heavy atom. The highest BCUT2D eigenvalue weighted by atomic mass is 28.4. The summed E-state index contributed by atoms with van der Waals surface area (Å²) in [4.78, 5) is 10.1. The molecule has 13 heavy (non-hydrogen) atoms. The second-order valence-electron chi connectivity index (χ2n) is 3.32. The van der Waals surface area contributed by atoms with E-state index in [1.54, 1.807) is 5.70 Å². The van der Waals surface area contributed by atoms with Crippen molar-refractivity contribution in [2.75, 3.05) is 0 Å². The summed E-state index contributed by atoms with van der Waals surface area (Å²) in [6, 6.07) is 11.7. The van der Waals surface area contributed by atoms with Gasteiger partial charge in [0.2, 0.25) is 8.32 Å². The first kappa shape index (κ1) is 10.2. The molecule has 0 aliphatic rings. The number of hydrogen-bond acceptors (Lipinski definition) is 1. The lowest BCUT2D eigenvalue weighted by Gasteiger charge is -2.18. The van der Waals surface area contributed by atoms with Crippen LogP contribution in [-0.4, -0.2) is 13.1 Å². The third-order valence-corrected chi connectivity index (χ3v) is 5.35. The van der Waals surface area contributed by atoms with Gasteiger partial charge < -0.3 is 4.80 Å². The highest BCUT2D eigenvalue weighted by Gasteiger charge is 2.24. The SMILES string of the molecule is C=C[Si](O)(CC)Cc1ccccc1. The molecule has 0 aliphatic heterocycles. The Kier molecular flexibility index (Phi) is 3.45. The lowest BCUT2D eigenvalue weighted by molar-refractivity contribution is 0.546. The molecule has 0 heterocycles. The average molecular weight is 192 g/mol. The molecule has 1 aromatic rings. The molecule has 0 radical (unpaired) electrons. The van der Waals surface area contributed by atoms with Crippen LogP contribution in [0.4, 0.5) is 0 Å². The molecule has 0 saturated heterocycles. The van der Waals surface area contributed by atoms with Gasteiger partial charge in [0.1, 0.15) is 0 Å². The van der Waals surface area contributed by atoms with Crippen molar-refractivity contribution in [1.29, 1.82) is 0 Å². The van der Waals surface area contributed by atoms with Gasteiger partial charge in [0.15, 0.2) is 0 Å². The maximum atomic E-state index is 10.1. The molecule has 1 aromatic carbocycles. The van der Waals surface area contributed by atoms with Crippen molar-refractivity contribution in [3.63, 3.8) is 0 Å². The molecule has 1 unspecified atom stereocenters. The van der Waals surface area contributed by atoms with Crippen LogP contribution < -0.4 is 0 Å². The summed E-state index contributed by atoms with van der Waals surface area (Å²) in [6.07, 6.45) is 0. The van der Waals surface area contributed by atoms with Gasteiger partial charge in [-0.25, -0.2) is 0 Å². The van der Waals surface area contributed by atoms with Crippen LogP contribution in [0.25, 0.3) is 0 Å². The number of benzene rings is 1. The molecule has 1 rings (SSSR count). The summed E-state index contributed by atoms with van der Waals surface area (Å²) in [5.74, 6) is 0. The first-order valence-corrected chi connectivity index (χ1v) is 7.04. The lowest BCUT2D eigenvalue weighted by atomic mass is 10.2. The van der Waals surface area contributed by atoms with Crippen molar-refractivity contribution in [1.82, 2.24) is 0 Å². The minimum atomic E-state index is -2.17. The third-order valence-electron chi connectivity index (χ3n) is 2.35. The van der Waals surface area contributed by atoms with Crippen LogP contribution in [0.5, 0.6) is 0 Å². The van der Waals surface area contributed by atoms with Gasteiger partial charge in [-0.1, -0.05) is 43.0 Å². The van der Waals surface area contributed by atoms with Crippen LogP contribution in [0.15, 0.2) is 42.6 Å². The minimum absolute atomic E-state index is 0.786. The Morgan fingerprint density at radius 1 is 1.38 bits per heavy atom. The van der Waals surface area contributed by atoms with E-state index in [1.807, 2.05) is 25.1 Å². The molecule has 0 amide bonds. The smallest absolute Gasteiger partial charge is 0.216 e. The van der Waals surface area contributed by atoms with Crippen LogP contribution in [-0.2, 0) is 6.04 Å². The molecule has 1 nitrogen and oxygen atoms in total. The van der Waals surface area contributed by atoms with Crippen LogP contribution >= 0.6 is 0 Å². The Balaban J connectivity index is 2.73. The van der Waals surface area contributed by atoms with E-state index < -0.39 is 8.32 Å². The number of rotatable bonds is 4. The Morgan fingerprint density at radius 2 is 2.00 bits per heavy atom. The Labute approximate surface area is 80.9 Å². The molecule has 70 valence electrons. The van der Waals surface area contributed by atoms with E-state index in [2.05, 4.69) is 18.7 Å². The normalized spacial score (nSPS) is 14.9. The van der Waals surface area contributed by atoms with Crippen molar-refractivity contribution < 1.29 is 4.80 Å². The topological polar surface area (TPSA) is 20.2 Å². The van der Waals surface area contributed by atoms with E-state index in [4.69, 9.17) is 0 Å². The van der Waals surface area contributed by atoms with Crippen LogP contribution in [0, 0.1) is 0 Å². The minimum Gasteiger partial charge on any atom is -0.428 e. The molecular weight excluding hydrogens is 176 g/mol. The Bertz CT molecular complexity index is 271. The fourth-order valence-corrected chi connectivity index (χ4v) is 2.92. The van der Waals surface area contributed by atoms with E-state index in [-0.39, 0.29) is 0 Å². The van der Waals surface area contributed by atoms with Gasteiger partial charge in [-0.3, -0.25) is 0 Å². The molecule has 0 bridgehead atoms. The first-order valence-electron chi connectivity index (χ1n) is 4.60. The second-order valence-corrected chi connectivity index (χ2v) is 7.00. The molecule has 0 spiro atoms. The van der Waals surface area contributed by atoms with Gasteiger partial charge >= 0.3 is 0 Å². The zero-order chi connectivity index (χ0) is 9.73. The zero-order valence-corrected chi connectivity index (χ0v) is 9.03. The zero-order valence-electron chi connectivity index (χ0n) is 8.03. The van der Waals surface area contributed by atoms with E-state index in [1.165, 1.54) is 5.56 Å². The van der Waals surface area contributed by atoms with Crippen LogP contribution in [0.1, 0.15) is 12.5 Å². The highest BCUT2D eigenvalue weighted by molar-refractivity contribution is 6.76. The highest BCUT2D eigenvalue weighted by Crippen LogP contribution is 2.13. The molecule has 2 heteroatoms. The van der Waals surface area contributed by atoms with Gasteiger partial charge in [-0.05, 0) is 17.7 Å². The molecule has 0 saturated carbocycles. The van der Waals surface area contributed by atoms with E-state index in [0.717, 1.165) is 12.1 Å². The largest absolute Gasteiger partial charge is 0.428 e. The summed E-state index contributed by atoms with van der Waals surface area (Å²) in [5.41, 5.74) is 2.97. The van der Waals surface area contributed by atoms with Crippen molar-refractivity contribution >= 4 is 8.32 Å². The molecule has 1 atom stereocenters. The third kappa shape index (κ3) is 2.83. The molecule has 0 fully saturated rings. The predicted octanol–water partition coefficient (Wildman–Crippen LogP) is 2.45. The first-order chi connectivity index (χ1) is 6.20. The van der Waals surface area contributed by atoms with Crippen molar-refractivity contribution in [2.24, 2.45) is 0 Å². The van der Waals surface area contributed by atoms with Gasteiger partial charge in [0, 0.05) is 0 Å². The van der Waals surface area contributed by atoms with Crippen molar-refractivity contribution in [2.45, 2.75) is 19.0 Å². The summed E-state index contributed by atoms with van der Waals surface area (Å²) >= 11 is 0. The van der Waals surface area contributed by atoms with Crippen molar-refractivity contribution in [3.8, 4) is 0 Å². The van der Waals surface area contributed by atoms with Crippen LogP contribution in [0.2, 0.25) is 6.04 Å². The standard InChI is InChI=1S/C11H16OSi/c1-3-13(12,4-2)10-11-8-6-5-7-9-11/h3,5-9,12H,1,4,10H2,2H3.